The Morgan fingerprint density at radius 3 is 2.47 bits per heavy atom. The molecule has 0 unspecified atom stereocenters. The molecule has 1 aromatic heterocycles. The number of hydrogen-bond donors (Lipinski definition) is 0. The number of rotatable bonds is 3. The lowest BCUT2D eigenvalue weighted by atomic mass is 10.0. The molecular formula is C14H20BrClN2S. The number of halogens is 2. The van der Waals surface area contributed by atoms with Crippen LogP contribution in [0.15, 0.2) is 4.47 Å². The molecule has 0 saturated heterocycles. The van der Waals surface area contributed by atoms with Gasteiger partial charge in [-0.2, -0.15) is 0 Å². The fourth-order valence-corrected chi connectivity index (χ4v) is 3.68. The van der Waals surface area contributed by atoms with Gasteiger partial charge in [-0.1, -0.05) is 45.2 Å². The van der Waals surface area contributed by atoms with E-state index in [0.29, 0.717) is 11.1 Å². The van der Waals surface area contributed by atoms with Gasteiger partial charge in [-0.15, -0.1) is 11.8 Å². The van der Waals surface area contributed by atoms with Crippen molar-refractivity contribution in [1.82, 2.24) is 9.97 Å². The lowest BCUT2D eigenvalue weighted by Gasteiger charge is -2.18. The molecule has 1 saturated carbocycles. The van der Waals surface area contributed by atoms with Gasteiger partial charge in [-0.05, 0) is 28.8 Å². The molecule has 0 aromatic carbocycles. The molecule has 5 heteroatoms. The quantitative estimate of drug-likeness (QED) is 0.655. The highest BCUT2D eigenvalue weighted by atomic mass is 79.9. The first-order valence-corrected chi connectivity index (χ1v) is 8.88. The standard InChI is InChI=1S/C14H20BrClN2S/c1-14(2,3)19-8-10-17-12(9-6-4-5-7-9)11(15)13(16)18-10/h9H,4-8H2,1-3H3. The van der Waals surface area contributed by atoms with Gasteiger partial charge in [-0.3, -0.25) is 0 Å². The smallest absolute Gasteiger partial charge is 0.147 e. The van der Waals surface area contributed by atoms with E-state index in [9.17, 15) is 0 Å². The van der Waals surface area contributed by atoms with Crippen molar-refractivity contribution in [3.63, 3.8) is 0 Å². The number of aromatic nitrogens is 2. The SMILES string of the molecule is CC(C)(C)SCc1nc(Cl)c(Br)c(C2CCCC2)n1. The third-order valence-corrected chi connectivity index (χ3v) is 5.81. The molecule has 2 nitrogen and oxygen atoms in total. The lowest BCUT2D eigenvalue weighted by molar-refractivity contribution is 0.683. The minimum Gasteiger partial charge on any atom is -0.235 e. The fourth-order valence-electron chi connectivity index (χ4n) is 2.30. The predicted molar refractivity (Wildman–Crippen MR) is 87.0 cm³/mol. The van der Waals surface area contributed by atoms with Gasteiger partial charge in [0.1, 0.15) is 11.0 Å². The minimum atomic E-state index is 0.219. The average molecular weight is 364 g/mol. The first kappa shape index (κ1) is 15.6. The topological polar surface area (TPSA) is 25.8 Å². The molecule has 0 N–H and O–H groups in total. The van der Waals surface area contributed by atoms with E-state index in [1.54, 1.807) is 0 Å². The second-order valence-corrected chi connectivity index (χ2v) is 8.97. The maximum Gasteiger partial charge on any atom is 0.147 e. The van der Waals surface area contributed by atoms with Gasteiger partial charge in [0.05, 0.1) is 15.9 Å². The van der Waals surface area contributed by atoms with E-state index in [1.807, 2.05) is 11.8 Å². The van der Waals surface area contributed by atoms with E-state index < -0.39 is 0 Å². The molecule has 1 heterocycles. The minimum absolute atomic E-state index is 0.219. The Morgan fingerprint density at radius 2 is 1.89 bits per heavy atom. The van der Waals surface area contributed by atoms with Crippen LogP contribution in [-0.2, 0) is 5.75 Å². The molecule has 19 heavy (non-hydrogen) atoms. The number of hydrogen-bond acceptors (Lipinski definition) is 3. The Bertz CT molecular complexity index is 453. The van der Waals surface area contributed by atoms with Crippen LogP contribution in [0.3, 0.4) is 0 Å². The van der Waals surface area contributed by atoms with E-state index in [1.165, 1.54) is 25.7 Å². The molecule has 2 rings (SSSR count). The molecule has 0 radical (unpaired) electrons. The summed E-state index contributed by atoms with van der Waals surface area (Å²) < 4.78 is 1.11. The average Bonchev–Trinajstić information content (AvgIpc) is 2.83. The second-order valence-electron chi connectivity index (χ2n) is 6.01. The Morgan fingerprint density at radius 1 is 1.26 bits per heavy atom. The molecule has 0 bridgehead atoms. The van der Waals surface area contributed by atoms with Gasteiger partial charge in [-0.25, -0.2) is 9.97 Å². The third kappa shape index (κ3) is 4.33. The van der Waals surface area contributed by atoms with E-state index in [0.717, 1.165) is 21.7 Å². The summed E-state index contributed by atoms with van der Waals surface area (Å²) in [6, 6.07) is 0. The molecule has 0 amide bonds. The molecule has 1 fully saturated rings. The zero-order chi connectivity index (χ0) is 14.0. The summed E-state index contributed by atoms with van der Waals surface area (Å²) in [6.45, 7) is 6.61. The monoisotopic (exact) mass is 362 g/mol. The third-order valence-electron chi connectivity index (χ3n) is 3.26. The Labute approximate surface area is 133 Å². The molecule has 0 atom stereocenters. The van der Waals surface area contributed by atoms with Gasteiger partial charge >= 0.3 is 0 Å². The fraction of sp³-hybridized carbons (Fsp3) is 0.714. The van der Waals surface area contributed by atoms with Crippen molar-refractivity contribution in [2.45, 2.75) is 62.9 Å². The summed E-state index contributed by atoms with van der Waals surface area (Å²) in [5.41, 5.74) is 1.11. The first-order chi connectivity index (χ1) is 8.87. The Hall–Kier alpha value is 0.200. The van der Waals surface area contributed by atoms with E-state index >= 15 is 0 Å². The molecule has 0 spiro atoms. The normalized spacial score (nSPS) is 17.1. The van der Waals surface area contributed by atoms with Crippen LogP contribution >= 0.6 is 39.3 Å². The van der Waals surface area contributed by atoms with Crippen LogP contribution in [0, 0.1) is 0 Å². The molecule has 1 aliphatic carbocycles. The number of nitrogens with zero attached hydrogens (tertiary/aromatic N) is 2. The van der Waals surface area contributed by atoms with Crippen LogP contribution < -0.4 is 0 Å². The highest BCUT2D eigenvalue weighted by Gasteiger charge is 2.23. The summed E-state index contributed by atoms with van der Waals surface area (Å²) in [6.07, 6.45) is 5.03. The molecule has 1 aromatic rings. The summed E-state index contributed by atoms with van der Waals surface area (Å²) in [7, 11) is 0. The van der Waals surface area contributed by atoms with Crippen molar-refractivity contribution in [1.29, 1.82) is 0 Å². The van der Waals surface area contributed by atoms with Gasteiger partial charge in [0.15, 0.2) is 0 Å². The van der Waals surface area contributed by atoms with Gasteiger partial charge < -0.3 is 0 Å². The number of thioether (sulfide) groups is 1. The summed E-state index contributed by atoms with van der Waals surface area (Å²) in [5, 5.41) is 0.557. The van der Waals surface area contributed by atoms with Crippen LogP contribution in [-0.4, -0.2) is 14.7 Å². The van der Waals surface area contributed by atoms with Gasteiger partial charge in [0.2, 0.25) is 0 Å². The maximum absolute atomic E-state index is 6.24. The van der Waals surface area contributed by atoms with E-state index in [2.05, 4.69) is 41.7 Å². The highest BCUT2D eigenvalue weighted by Crippen LogP contribution is 2.39. The molecule has 106 valence electrons. The van der Waals surface area contributed by atoms with Crippen LogP contribution in [0.25, 0.3) is 0 Å². The Balaban J connectivity index is 2.21. The second kappa shape index (κ2) is 6.31. The summed E-state index contributed by atoms with van der Waals surface area (Å²) >= 11 is 11.6. The molecule has 1 aliphatic rings. The van der Waals surface area contributed by atoms with Crippen LogP contribution in [0.5, 0.6) is 0 Å². The van der Waals surface area contributed by atoms with Gasteiger partial charge in [0, 0.05) is 10.7 Å². The van der Waals surface area contributed by atoms with Crippen molar-refractivity contribution < 1.29 is 0 Å². The van der Waals surface area contributed by atoms with Crippen molar-refractivity contribution in [3.8, 4) is 0 Å². The van der Waals surface area contributed by atoms with Crippen LogP contribution in [0.4, 0.5) is 0 Å². The predicted octanol–water partition coefficient (Wildman–Crippen LogP) is 5.58. The largest absolute Gasteiger partial charge is 0.235 e. The van der Waals surface area contributed by atoms with Gasteiger partial charge in [0.25, 0.3) is 0 Å². The van der Waals surface area contributed by atoms with Crippen LogP contribution in [0.1, 0.15) is 63.9 Å². The van der Waals surface area contributed by atoms with Crippen molar-refractivity contribution >= 4 is 39.3 Å². The zero-order valence-electron chi connectivity index (χ0n) is 11.7. The molecule has 0 aliphatic heterocycles. The van der Waals surface area contributed by atoms with Crippen molar-refractivity contribution in [3.05, 3.63) is 21.1 Å². The first-order valence-electron chi connectivity index (χ1n) is 6.72. The summed E-state index contributed by atoms with van der Waals surface area (Å²) in [4.78, 5) is 9.15. The van der Waals surface area contributed by atoms with E-state index in [-0.39, 0.29) is 4.75 Å². The van der Waals surface area contributed by atoms with Crippen molar-refractivity contribution in [2.24, 2.45) is 0 Å². The summed E-state index contributed by atoms with van der Waals surface area (Å²) in [5.74, 6) is 2.22. The van der Waals surface area contributed by atoms with Crippen LogP contribution in [0.2, 0.25) is 5.15 Å². The molecular weight excluding hydrogens is 344 g/mol. The zero-order valence-corrected chi connectivity index (χ0v) is 14.8. The lowest BCUT2D eigenvalue weighted by Crippen LogP contribution is -2.10. The Kier molecular flexibility index (Phi) is 5.18. The highest BCUT2D eigenvalue weighted by molar-refractivity contribution is 9.10. The maximum atomic E-state index is 6.24. The van der Waals surface area contributed by atoms with Crippen molar-refractivity contribution in [2.75, 3.05) is 0 Å². The van der Waals surface area contributed by atoms with E-state index in [4.69, 9.17) is 16.6 Å².